The summed E-state index contributed by atoms with van der Waals surface area (Å²) in [6.07, 6.45) is 0.0666. The molecule has 2 aromatic carbocycles. The number of hydrogen-bond donors (Lipinski definition) is 1. The van der Waals surface area contributed by atoms with Crippen LogP contribution in [0.4, 0.5) is 5.69 Å². The lowest BCUT2D eigenvalue weighted by atomic mass is 10.2. The highest BCUT2D eigenvalue weighted by atomic mass is 32.2. The lowest BCUT2D eigenvalue weighted by Crippen LogP contribution is -2.35. The normalized spacial score (nSPS) is 10.7. The number of esters is 1. The van der Waals surface area contributed by atoms with Crippen LogP contribution < -0.4 is 19.5 Å². The third-order valence-corrected chi connectivity index (χ3v) is 5.16. The molecule has 0 radical (unpaired) electrons. The Labute approximate surface area is 186 Å². The molecule has 0 aromatic heterocycles. The van der Waals surface area contributed by atoms with Crippen LogP contribution in [0.2, 0.25) is 0 Å². The van der Waals surface area contributed by atoms with Crippen molar-refractivity contribution in [3.05, 3.63) is 48.0 Å². The molecule has 0 saturated heterocycles. The summed E-state index contributed by atoms with van der Waals surface area (Å²) in [7, 11) is -2.77. The van der Waals surface area contributed by atoms with E-state index in [1.165, 1.54) is 24.1 Å². The summed E-state index contributed by atoms with van der Waals surface area (Å²) >= 11 is 0. The Morgan fingerprint density at radius 1 is 1.16 bits per heavy atom. The van der Waals surface area contributed by atoms with E-state index in [0.29, 0.717) is 18.0 Å². The van der Waals surface area contributed by atoms with E-state index in [0.717, 1.165) is 6.07 Å². The fourth-order valence-corrected chi connectivity index (χ4v) is 3.29. The first kappa shape index (κ1) is 24.6. The van der Waals surface area contributed by atoms with E-state index in [2.05, 4.69) is 0 Å². The van der Waals surface area contributed by atoms with Gasteiger partial charge >= 0.3 is 5.97 Å². The van der Waals surface area contributed by atoms with Gasteiger partial charge in [0.25, 0.3) is 5.91 Å². The molecular formula is C21H23N3O7S. The summed E-state index contributed by atoms with van der Waals surface area (Å²) < 4.78 is 38.7. The largest absolute Gasteiger partial charge is 0.496 e. The van der Waals surface area contributed by atoms with E-state index in [9.17, 15) is 18.0 Å². The van der Waals surface area contributed by atoms with Crippen LogP contribution in [0.5, 0.6) is 11.5 Å². The average molecular weight is 461 g/mol. The third-order valence-electron chi connectivity index (χ3n) is 4.25. The molecule has 32 heavy (non-hydrogen) atoms. The van der Waals surface area contributed by atoms with Gasteiger partial charge in [-0.25, -0.2) is 18.4 Å². The zero-order valence-corrected chi connectivity index (χ0v) is 18.4. The number of sulfonamides is 1. The van der Waals surface area contributed by atoms with Crippen LogP contribution in [0.15, 0.2) is 47.4 Å². The number of anilines is 1. The quantitative estimate of drug-likeness (QED) is 0.527. The smallest absolute Gasteiger partial charge is 0.342 e. The van der Waals surface area contributed by atoms with Crippen molar-refractivity contribution < 1.29 is 32.2 Å². The number of benzene rings is 2. The average Bonchev–Trinajstić information content (AvgIpc) is 2.77. The number of carbonyl (C=O) groups is 2. The lowest BCUT2D eigenvalue weighted by Gasteiger charge is -2.22. The molecular weight excluding hydrogens is 438 g/mol. The van der Waals surface area contributed by atoms with E-state index in [1.807, 2.05) is 13.0 Å². The van der Waals surface area contributed by atoms with Gasteiger partial charge in [0, 0.05) is 12.2 Å². The molecule has 0 fully saturated rings. The number of carbonyl (C=O) groups excluding carboxylic acids is 2. The van der Waals surface area contributed by atoms with Crippen molar-refractivity contribution >= 4 is 27.6 Å². The van der Waals surface area contributed by atoms with E-state index >= 15 is 0 Å². The summed E-state index contributed by atoms with van der Waals surface area (Å²) in [6, 6.07) is 12.1. The van der Waals surface area contributed by atoms with Crippen molar-refractivity contribution in [2.75, 3.05) is 31.8 Å². The number of amides is 1. The minimum Gasteiger partial charge on any atom is -0.496 e. The maximum Gasteiger partial charge on any atom is 0.342 e. The molecule has 0 aliphatic carbocycles. The molecule has 0 aliphatic heterocycles. The number of methoxy groups -OCH3 is 1. The first-order valence-corrected chi connectivity index (χ1v) is 11.0. The van der Waals surface area contributed by atoms with Crippen LogP contribution in [-0.2, 0) is 19.6 Å². The van der Waals surface area contributed by atoms with Crippen molar-refractivity contribution in [1.29, 1.82) is 5.26 Å². The van der Waals surface area contributed by atoms with Gasteiger partial charge in [-0.3, -0.25) is 4.79 Å². The molecule has 2 aromatic rings. The molecule has 2 rings (SSSR count). The summed E-state index contributed by atoms with van der Waals surface area (Å²) in [6.45, 7) is 1.78. The predicted octanol–water partition coefficient (Wildman–Crippen LogP) is 1.84. The van der Waals surface area contributed by atoms with Gasteiger partial charge in [-0.1, -0.05) is 0 Å². The fraction of sp³-hybridized carbons (Fsp3) is 0.286. The monoisotopic (exact) mass is 461 g/mol. The zero-order valence-electron chi connectivity index (χ0n) is 17.6. The molecule has 0 heterocycles. The third kappa shape index (κ3) is 6.44. The number of primary sulfonamides is 1. The van der Waals surface area contributed by atoms with Crippen LogP contribution in [0.3, 0.4) is 0 Å². The second kappa shape index (κ2) is 11.1. The Hall–Kier alpha value is -3.62. The molecule has 0 bridgehead atoms. The number of rotatable bonds is 10. The number of hydrogen-bond acceptors (Lipinski definition) is 8. The van der Waals surface area contributed by atoms with Crippen LogP contribution in [-0.4, -0.2) is 47.2 Å². The number of nitrogens with two attached hydrogens (primary N) is 1. The van der Waals surface area contributed by atoms with Crippen LogP contribution in [0.25, 0.3) is 0 Å². The molecule has 2 N–H and O–H groups in total. The molecule has 0 unspecified atom stereocenters. The maximum atomic E-state index is 12.7. The highest BCUT2D eigenvalue weighted by molar-refractivity contribution is 7.89. The SMILES string of the molecule is CCOc1ccc(N(CCC#N)C(=O)COC(=O)c2cc(S(N)(=O)=O)ccc2OC)cc1. The van der Waals surface area contributed by atoms with Gasteiger partial charge in [-0.05, 0) is 49.4 Å². The van der Waals surface area contributed by atoms with Crippen LogP contribution in [0, 0.1) is 11.3 Å². The van der Waals surface area contributed by atoms with Crippen LogP contribution in [0.1, 0.15) is 23.7 Å². The molecule has 0 aliphatic rings. The highest BCUT2D eigenvalue weighted by Gasteiger charge is 2.22. The molecule has 0 atom stereocenters. The first-order chi connectivity index (χ1) is 15.2. The second-order valence-electron chi connectivity index (χ2n) is 6.36. The predicted molar refractivity (Wildman–Crippen MR) is 115 cm³/mol. The summed E-state index contributed by atoms with van der Waals surface area (Å²) in [5.74, 6) is -0.855. The van der Waals surface area contributed by atoms with Crippen molar-refractivity contribution in [1.82, 2.24) is 0 Å². The number of ether oxygens (including phenoxy) is 3. The Kier molecular flexibility index (Phi) is 8.57. The fourth-order valence-electron chi connectivity index (χ4n) is 2.76. The summed E-state index contributed by atoms with van der Waals surface area (Å²) in [5.41, 5.74) is 0.301. The molecule has 11 heteroatoms. The summed E-state index contributed by atoms with van der Waals surface area (Å²) in [4.78, 5) is 26.3. The van der Waals surface area contributed by atoms with Crippen LogP contribution >= 0.6 is 0 Å². The number of nitrogens with zero attached hydrogens (tertiary/aromatic N) is 2. The second-order valence-corrected chi connectivity index (χ2v) is 7.93. The highest BCUT2D eigenvalue weighted by Crippen LogP contribution is 2.23. The van der Waals surface area contributed by atoms with Gasteiger partial charge in [0.1, 0.15) is 17.1 Å². The van der Waals surface area contributed by atoms with Gasteiger partial charge in [0.05, 0.1) is 31.1 Å². The van der Waals surface area contributed by atoms with Gasteiger partial charge in [-0.15, -0.1) is 0 Å². The standard InChI is InChI=1S/C21H23N3O7S/c1-3-30-16-7-5-15(6-8-16)24(12-4-11-22)20(25)14-31-21(26)18-13-17(32(23,27)28)9-10-19(18)29-2/h5-10,13H,3-4,12,14H2,1-2H3,(H2,23,27,28). The molecule has 170 valence electrons. The Balaban J connectivity index is 2.18. The van der Waals surface area contributed by atoms with Crippen molar-refractivity contribution in [3.63, 3.8) is 0 Å². The molecule has 10 nitrogen and oxygen atoms in total. The maximum absolute atomic E-state index is 12.7. The van der Waals surface area contributed by atoms with Gasteiger partial charge in [0.2, 0.25) is 10.0 Å². The topological polar surface area (TPSA) is 149 Å². The van der Waals surface area contributed by atoms with Crippen molar-refractivity contribution in [3.8, 4) is 17.6 Å². The van der Waals surface area contributed by atoms with E-state index < -0.39 is 28.5 Å². The van der Waals surface area contributed by atoms with E-state index in [1.54, 1.807) is 24.3 Å². The van der Waals surface area contributed by atoms with Crippen molar-refractivity contribution in [2.45, 2.75) is 18.2 Å². The minimum atomic E-state index is -4.06. The molecule has 1 amide bonds. The zero-order chi connectivity index (χ0) is 23.7. The van der Waals surface area contributed by atoms with E-state index in [-0.39, 0.29) is 29.2 Å². The number of nitriles is 1. The first-order valence-electron chi connectivity index (χ1n) is 9.49. The van der Waals surface area contributed by atoms with Crippen molar-refractivity contribution in [2.24, 2.45) is 5.14 Å². The van der Waals surface area contributed by atoms with Gasteiger partial charge < -0.3 is 19.1 Å². The summed E-state index contributed by atoms with van der Waals surface area (Å²) in [5, 5.41) is 14.0. The Morgan fingerprint density at radius 3 is 2.41 bits per heavy atom. The Bertz CT molecular complexity index is 1110. The van der Waals surface area contributed by atoms with E-state index in [4.69, 9.17) is 24.6 Å². The minimum absolute atomic E-state index is 0.0581. The lowest BCUT2D eigenvalue weighted by molar-refractivity contribution is -0.121. The van der Waals surface area contributed by atoms with Gasteiger partial charge in [0.15, 0.2) is 6.61 Å². The molecule has 0 spiro atoms. The Morgan fingerprint density at radius 2 is 1.84 bits per heavy atom. The van der Waals surface area contributed by atoms with Gasteiger partial charge in [-0.2, -0.15) is 5.26 Å². The molecule has 0 saturated carbocycles.